The van der Waals surface area contributed by atoms with E-state index in [0.29, 0.717) is 0 Å². The number of aliphatic carboxylic acids is 1. The molecular formula is C12H12N2O5. The number of phenolic OH excluding ortho intramolecular Hbond substituents is 2. The summed E-state index contributed by atoms with van der Waals surface area (Å²) in [7, 11) is 0. The van der Waals surface area contributed by atoms with E-state index in [-0.39, 0.29) is 41.1 Å². The number of aromatic nitrogens is 2. The molecule has 100 valence electrons. The number of hydrogen-bond acceptors (Lipinski definition) is 5. The van der Waals surface area contributed by atoms with E-state index in [0.717, 1.165) is 4.57 Å². The number of aryl methyl sites for hydroxylation is 2. The molecule has 0 saturated carbocycles. The van der Waals surface area contributed by atoms with Crippen molar-refractivity contribution in [3.8, 4) is 11.5 Å². The minimum atomic E-state index is -1.07. The van der Waals surface area contributed by atoms with Crippen molar-refractivity contribution < 1.29 is 20.1 Å². The zero-order valence-corrected chi connectivity index (χ0v) is 10.1. The fourth-order valence-electron chi connectivity index (χ4n) is 1.97. The highest BCUT2D eigenvalue weighted by Crippen LogP contribution is 2.32. The number of hydrogen-bond donors (Lipinski definition) is 3. The quantitative estimate of drug-likeness (QED) is 0.699. The number of benzene rings is 1. The van der Waals surface area contributed by atoms with Crippen LogP contribution in [0.3, 0.4) is 0 Å². The molecule has 0 spiro atoms. The molecule has 7 nitrogen and oxygen atoms in total. The highest BCUT2D eigenvalue weighted by atomic mass is 16.4. The van der Waals surface area contributed by atoms with E-state index < -0.39 is 11.7 Å². The molecule has 1 aromatic heterocycles. The van der Waals surface area contributed by atoms with Gasteiger partial charge in [-0.05, 0) is 19.1 Å². The third-order valence-electron chi connectivity index (χ3n) is 2.81. The molecular weight excluding hydrogens is 252 g/mol. The van der Waals surface area contributed by atoms with E-state index in [1.807, 2.05) is 0 Å². The Hall–Kier alpha value is -2.57. The molecule has 0 atom stereocenters. The van der Waals surface area contributed by atoms with Crippen LogP contribution < -0.4 is 5.69 Å². The van der Waals surface area contributed by atoms with Gasteiger partial charge >= 0.3 is 11.7 Å². The predicted octanol–water partition coefficient (Wildman–Crippen LogP) is 0.591. The first-order valence-electron chi connectivity index (χ1n) is 5.55. The maximum atomic E-state index is 11.8. The topological polar surface area (TPSA) is 113 Å². The molecule has 1 aromatic carbocycles. The van der Waals surface area contributed by atoms with Crippen LogP contribution in [0, 0.1) is 6.92 Å². The number of carbonyl (C=O) groups is 1. The Morgan fingerprint density at radius 1 is 1.32 bits per heavy atom. The van der Waals surface area contributed by atoms with Crippen LogP contribution >= 0.6 is 0 Å². The minimum Gasteiger partial charge on any atom is -0.507 e. The molecule has 7 heteroatoms. The van der Waals surface area contributed by atoms with Gasteiger partial charge in [0.15, 0.2) is 0 Å². The second-order valence-electron chi connectivity index (χ2n) is 4.10. The Morgan fingerprint density at radius 2 is 1.95 bits per heavy atom. The summed E-state index contributed by atoms with van der Waals surface area (Å²) >= 11 is 0. The van der Waals surface area contributed by atoms with Crippen molar-refractivity contribution in [2.45, 2.75) is 19.9 Å². The van der Waals surface area contributed by atoms with Gasteiger partial charge in [0.2, 0.25) is 0 Å². The highest BCUT2D eigenvalue weighted by Gasteiger charge is 2.15. The number of rotatable bonds is 3. The number of phenols is 2. The van der Waals surface area contributed by atoms with Gasteiger partial charge in [0, 0.05) is 6.54 Å². The summed E-state index contributed by atoms with van der Waals surface area (Å²) in [4.78, 5) is 26.1. The van der Waals surface area contributed by atoms with Gasteiger partial charge in [-0.2, -0.15) is 4.98 Å². The lowest BCUT2D eigenvalue weighted by Crippen LogP contribution is -2.25. The van der Waals surface area contributed by atoms with Crippen molar-refractivity contribution in [2.75, 3.05) is 0 Å². The van der Waals surface area contributed by atoms with E-state index in [1.165, 1.54) is 19.1 Å². The Balaban J connectivity index is 2.79. The summed E-state index contributed by atoms with van der Waals surface area (Å²) in [6, 6.07) is 2.53. The second-order valence-corrected chi connectivity index (χ2v) is 4.10. The van der Waals surface area contributed by atoms with Crippen molar-refractivity contribution in [3.63, 3.8) is 0 Å². The SMILES string of the molecule is Cc1nc(=O)n(CCC(=O)O)c2c(O)ccc(O)c12. The standard InChI is InChI=1S/C12H12N2O5/c1-6-10-7(15)2-3-8(16)11(10)14(12(19)13-6)5-4-9(17)18/h2-3,15-16H,4-5H2,1H3,(H,17,18). The van der Waals surface area contributed by atoms with Gasteiger partial charge in [-0.1, -0.05) is 0 Å². The average molecular weight is 264 g/mol. The van der Waals surface area contributed by atoms with Crippen LogP contribution in [0.25, 0.3) is 10.9 Å². The first kappa shape index (κ1) is 12.9. The van der Waals surface area contributed by atoms with Gasteiger partial charge in [0.05, 0.1) is 17.5 Å². The molecule has 0 fully saturated rings. The average Bonchev–Trinajstić information content (AvgIpc) is 2.32. The van der Waals surface area contributed by atoms with Gasteiger partial charge in [0.25, 0.3) is 0 Å². The summed E-state index contributed by atoms with van der Waals surface area (Å²) in [5, 5.41) is 28.5. The van der Waals surface area contributed by atoms with Crippen molar-refractivity contribution in [3.05, 3.63) is 28.3 Å². The molecule has 0 unspecified atom stereocenters. The normalized spacial score (nSPS) is 10.8. The van der Waals surface area contributed by atoms with Gasteiger partial charge in [0.1, 0.15) is 17.0 Å². The first-order chi connectivity index (χ1) is 8.91. The molecule has 0 amide bonds. The number of carboxylic acid groups (broad SMARTS) is 1. The third kappa shape index (κ3) is 2.22. The van der Waals surface area contributed by atoms with Crippen molar-refractivity contribution in [1.29, 1.82) is 0 Å². The van der Waals surface area contributed by atoms with Gasteiger partial charge in [-0.3, -0.25) is 9.36 Å². The molecule has 2 rings (SSSR count). The molecule has 2 aromatic rings. The Kier molecular flexibility index (Phi) is 3.12. The Labute approximate surface area is 107 Å². The molecule has 0 aliphatic heterocycles. The van der Waals surface area contributed by atoms with E-state index in [1.54, 1.807) is 0 Å². The van der Waals surface area contributed by atoms with Crippen molar-refractivity contribution >= 4 is 16.9 Å². The predicted molar refractivity (Wildman–Crippen MR) is 66.3 cm³/mol. The summed E-state index contributed by atoms with van der Waals surface area (Å²) in [5.74, 6) is -1.40. The van der Waals surface area contributed by atoms with Crippen molar-refractivity contribution in [2.24, 2.45) is 0 Å². The number of fused-ring (bicyclic) bond motifs is 1. The molecule has 0 saturated heterocycles. The molecule has 19 heavy (non-hydrogen) atoms. The molecule has 0 aliphatic rings. The van der Waals surface area contributed by atoms with Gasteiger partial charge in [-0.25, -0.2) is 4.79 Å². The number of aromatic hydroxyl groups is 2. The zero-order chi connectivity index (χ0) is 14.2. The van der Waals surface area contributed by atoms with Crippen molar-refractivity contribution in [1.82, 2.24) is 9.55 Å². The Morgan fingerprint density at radius 3 is 2.58 bits per heavy atom. The van der Waals surface area contributed by atoms with Gasteiger partial charge in [-0.15, -0.1) is 0 Å². The van der Waals surface area contributed by atoms with Crippen LogP contribution in [-0.2, 0) is 11.3 Å². The summed E-state index contributed by atoms with van der Waals surface area (Å²) in [6.07, 6.45) is -0.283. The van der Waals surface area contributed by atoms with Crippen LogP contribution in [0.1, 0.15) is 12.1 Å². The second kappa shape index (κ2) is 4.60. The Bertz CT molecular complexity index is 720. The molecule has 0 aliphatic carbocycles. The van der Waals surface area contributed by atoms with E-state index in [9.17, 15) is 19.8 Å². The van der Waals surface area contributed by atoms with Gasteiger partial charge < -0.3 is 15.3 Å². The number of carboxylic acids is 1. The first-order valence-corrected chi connectivity index (χ1v) is 5.55. The van der Waals surface area contributed by atoms with Crippen LogP contribution in [0.4, 0.5) is 0 Å². The van der Waals surface area contributed by atoms with E-state index in [4.69, 9.17) is 5.11 Å². The lowest BCUT2D eigenvalue weighted by atomic mass is 10.1. The molecule has 0 radical (unpaired) electrons. The highest BCUT2D eigenvalue weighted by molar-refractivity contribution is 5.91. The fraction of sp³-hybridized carbons (Fsp3) is 0.250. The third-order valence-corrected chi connectivity index (χ3v) is 2.81. The summed E-state index contributed by atoms with van der Waals surface area (Å²) < 4.78 is 1.05. The van der Waals surface area contributed by atoms with Crippen LogP contribution in [0.2, 0.25) is 0 Å². The van der Waals surface area contributed by atoms with E-state index >= 15 is 0 Å². The minimum absolute atomic E-state index is 0.0961. The smallest absolute Gasteiger partial charge is 0.348 e. The molecule has 1 heterocycles. The monoisotopic (exact) mass is 264 g/mol. The molecule has 0 bridgehead atoms. The van der Waals surface area contributed by atoms with Crippen LogP contribution in [0.15, 0.2) is 16.9 Å². The molecule has 3 N–H and O–H groups in total. The van der Waals surface area contributed by atoms with Crippen LogP contribution in [-0.4, -0.2) is 30.8 Å². The lowest BCUT2D eigenvalue weighted by molar-refractivity contribution is -0.137. The van der Waals surface area contributed by atoms with Crippen LogP contribution in [0.5, 0.6) is 11.5 Å². The summed E-state index contributed by atoms with van der Waals surface area (Å²) in [6.45, 7) is 1.40. The number of nitrogens with zero attached hydrogens (tertiary/aromatic N) is 2. The zero-order valence-electron chi connectivity index (χ0n) is 10.1. The maximum Gasteiger partial charge on any atom is 0.348 e. The largest absolute Gasteiger partial charge is 0.507 e. The maximum absolute atomic E-state index is 11.8. The van der Waals surface area contributed by atoms with E-state index in [2.05, 4.69) is 4.98 Å². The lowest BCUT2D eigenvalue weighted by Gasteiger charge is -2.12. The fourth-order valence-corrected chi connectivity index (χ4v) is 1.97. The summed E-state index contributed by atoms with van der Waals surface area (Å²) in [5.41, 5.74) is -0.286.